The molecule has 2 unspecified atom stereocenters. The van der Waals surface area contributed by atoms with E-state index in [0.717, 1.165) is 29.8 Å². The highest BCUT2D eigenvalue weighted by Crippen LogP contribution is 2.29. The second kappa shape index (κ2) is 11.3. The Hall–Kier alpha value is -3.45. The summed E-state index contributed by atoms with van der Waals surface area (Å²) in [6.45, 7) is 5.45. The smallest absolute Gasteiger partial charge is 0.407 e. The van der Waals surface area contributed by atoms with Gasteiger partial charge in [-0.1, -0.05) is 6.07 Å². The number of hydrogen-bond acceptors (Lipinski definition) is 9. The van der Waals surface area contributed by atoms with E-state index in [-0.39, 0.29) is 29.0 Å². The first-order valence-electron chi connectivity index (χ1n) is 11.3. The largest absolute Gasteiger partial charge is 0.465 e. The van der Waals surface area contributed by atoms with E-state index in [1.54, 1.807) is 11.8 Å². The summed E-state index contributed by atoms with van der Waals surface area (Å²) in [6, 6.07) is 11.0. The molecule has 1 fully saturated rings. The average molecular weight is 498 g/mol. The molecule has 1 aliphatic carbocycles. The molecule has 0 bridgehead atoms. The summed E-state index contributed by atoms with van der Waals surface area (Å²) in [6.07, 6.45) is 4.00. The van der Waals surface area contributed by atoms with Crippen LogP contribution in [-0.4, -0.2) is 48.1 Å². The SMILES string of the molecule is COC(=O)c1c(C#N)cc(NC2CCCC2NC(=O)OC(C)(C)C)nc1Nc1cccc(SC)c1. The van der Waals surface area contributed by atoms with Gasteiger partial charge in [-0.25, -0.2) is 14.6 Å². The van der Waals surface area contributed by atoms with Gasteiger partial charge in [0.15, 0.2) is 0 Å². The Labute approximate surface area is 210 Å². The predicted molar refractivity (Wildman–Crippen MR) is 136 cm³/mol. The Bertz CT molecular complexity index is 1130. The molecule has 3 rings (SSSR count). The van der Waals surface area contributed by atoms with E-state index in [4.69, 9.17) is 9.47 Å². The molecule has 9 nitrogen and oxygen atoms in total. The van der Waals surface area contributed by atoms with Crippen LogP contribution in [0.15, 0.2) is 35.2 Å². The molecule has 1 amide bonds. The molecule has 3 N–H and O–H groups in total. The highest BCUT2D eigenvalue weighted by molar-refractivity contribution is 7.98. The lowest BCUT2D eigenvalue weighted by Gasteiger charge is -2.26. The number of carbonyl (C=O) groups is 2. The molecule has 0 radical (unpaired) electrons. The number of carbonyl (C=O) groups excluding carboxylic acids is 2. The normalized spacial score (nSPS) is 17.3. The number of amides is 1. The molecular formula is C25H31N5O4S. The van der Waals surface area contributed by atoms with Gasteiger partial charge in [0.25, 0.3) is 0 Å². The van der Waals surface area contributed by atoms with Gasteiger partial charge in [-0.3, -0.25) is 0 Å². The van der Waals surface area contributed by atoms with Crippen LogP contribution in [0.3, 0.4) is 0 Å². The van der Waals surface area contributed by atoms with Crippen LogP contribution in [0.5, 0.6) is 0 Å². The Morgan fingerprint density at radius 3 is 2.60 bits per heavy atom. The van der Waals surface area contributed by atoms with Gasteiger partial charge in [0, 0.05) is 16.6 Å². The Kier molecular flexibility index (Phi) is 8.46. The molecule has 186 valence electrons. The van der Waals surface area contributed by atoms with Gasteiger partial charge in [0.05, 0.1) is 18.7 Å². The van der Waals surface area contributed by atoms with E-state index in [0.29, 0.717) is 5.82 Å². The first kappa shape index (κ1) is 26.2. The summed E-state index contributed by atoms with van der Waals surface area (Å²) >= 11 is 1.59. The lowest BCUT2D eigenvalue weighted by atomic mass is 10.1. The van der Waals surface area contributed by atoms with E-state index in [2.05, 4.69) is 27.0 Å². The van der Waals surface area contributed by atoms with E-state index >= 15 is 0 Å². The highest BCUT2D eigenvalue weighted by Gasteiger charge is 2.31. The molecule has 0 saturated heterocycles. The molecule has 1 heterocycles. The van der Waals surface area contributed by atoms with Crippen LogP contribution in [-0.2, 0) is 9.47 Å². The lowest BCUT2D eigenvalue weighted by molar-refractivity contribution is 0.0502. The van der Waals surface area contributed by atoms with E-state index in [1.807, 2.05) is 51.3 Å². The monoisotopic (exact) mass is 497 g/mol. The molecule has 2 aromatic rings. The van der Waals surface area contributed by atoms with Crippen molar-refractivity contribution in [1.82, 2.24) is 10.3 Å². The minimum atomic E-state index is -0.658. The van der Waals surface area contributed by atoms with Crippen molar-refractivity contribution in [3.8, 4) is 6.07 Å². The molecule has 2 atom stereocenters. The standard InChI is InChI=1S/C25H31N5O4S/c1-25(2,3)34-24(32)29-19-11-7-10-18(19)28-20-12-15(14-26)21(23(31)33-4)22(30-20)27-16-8-6-9-17(13-16)35-5/h6,8-9,12-13,18-19H,7,10-11H2,1-5H3,(H,29,32)(H2,27,28,30). The number of rotatable bonds is 7. The molecule has 35 heavy (non-hydrogen) atoms. The summed E-state index contributed by atoms with van der Waals surface area (Å²) in [7, 11) is 1.26. The van der Waals surface area contributed by atoms with Gasteiger partial charge in [-0.15, -0.1) is 11.8 Å². The fourth-order valence-corrected chi connectivity index (χ4v) is 4.36. The first-order valence-corrected chi connectivity index (χ1v) is 12.6. The maximum Gasteiger partial charge on any atom is 0.407 e. The van der Waals surface area contributed by atoms with Gasteiger partial charge >= 0.3 is 12.1 Å². The molecule has 0 spiro atoms. The van der Waals surface area contributed by atoms with Crippen LogP contribution >= 0.6 is 11.8 Å². The number of aromatic nitrogens is 1. The fraction of sp³-hybridized carbons (Fsp3) is 0.440. The van der Waals surface area contributed by atoms with Crippen molar-refractivity contribution in [3.05, 3.63) is 41.5 Å². The van der Waals surface area contributed by atoms with Gasteiger partial charge in [-0.2, -0.15) is 5.26 Å². The summed E-state index contributed by atoms with van der Waals surface area (Å²) in [5, 5.41) is 19.2. The van der Waals surface area contributed by atoms with Crippen LogP contribution in [0, 0.1) is 11.3 Å². The number of nitriles is 1. The number of methoxy groups -OCH3 is 1. The second-order valence-electron chi connectivity index (χ2n) is 9.17. The third-order valence-electron chi connectivity index (χ3n) is 5.41. The number of ether oxygens (including phenoxy) is 2. The molecule has 1 aromatic carbocycles. The summed E-state index contributed by atoms with van der Waals surface area (Å²) < 4.78 is 10.3. The number of benzene rings is 1. The van der Waals surface area contributed by atoms with Crippen molar-refractivity contribution in [2.75, 3.05) is 24.0 Å². The van der Waals surface area contributed by atoms with Gasteiger partial charge in [0.1, 0.15) is 28.9 Å². The van der Waals surface area contributed by atoms with Crippen molar-refractivity contribution < 1.29 is 19.1 Å². The zero-order valence-corrected chi connectivity index (χ0v) is 21.4. The molecule has 10 heteroatoms. The number of anilines is 3. The Morgan fingerprint density at radius 1 is 1.20 bits per heavy atom. The minimum absolute atomic E-state index is 0.0601. The van der Waals surface area contributed by atoms with Gasteiger partial charge < -0.3 is 25.4 Å². The van der Waals surface area contributed by atoms with Crippen LogP contribution in [0.25, 0.3) is 0 Å². The van der Waals surface area contributed by atoms with Crippen molar-refractivity contribution in [2.45, 2.75) is 62.6 Å². The second-order valence-corrected chi connectivity index (χ2v) is 10.1. The Morgan fingerprint density at radius 2 is 1.94 bits per heavy atom. The number of nitrogens with zero attached hydrogens (tertiary/aromatic N) is 2. The minimum Gasteiger partial charge on any atom is -0.465 e. The number of nitrogens with one attached hydrogen (secondary N) is 3. The number of esters is 1. The average Bonchev–Trinajstić information content (AvgIpc) is 3.23. The maximum atomic E-state index is 12.5. The summed E-state index contributed by atoms with van der Waals surface area (Å²) in [5.41, 5.74) is 0.325. The van der Waals surface area contributed by atoms with Crippen LogP contribution in [0.2, 0.25) is 0 Å². The zero-order valence-electron chi connectivity index (χ0n) is 20.6. The molecule has 1 aliphatic rings. The lowest BCUT2D eigenvalue weighted by Crippen LogP contribution is -2.45. The van der Waals surface area contributed by atoms with Crippen LogP contribution in [0.1, 0.15) is 56.0 Å². The highest BCUT2D eigenvalue weighted by atomic mass is 32.2. The number of thioether (sulfide) groups is 1. The molecular weight excluding hydrogens is 466 g/mol. The maximum absolute atomic E-state index is 12.5. The fourth-order valence-electron chi connectivity index (χ4n) is 3.90. The van der Waals surface area contributed by atoms with Crippen molar-refractivity contribution in [1.29, 1.82) is 5.26 Å². The third-order valence-corrected chi connectivity index (χ3v) is 6.14. The molecule has 0 aliphatic heterocycles. The van der Waals surface area contributed by atoms with Crippen molar-refractivity contribution >= 4 is 41.1 Å². The topological polar surface area (TPSA) is 125 Å². The summed E-state index contributed by atoms with van der Waals surface area (Å²) in [5.74, 6) is -0.0265. The number of alkyl carbamates (subject to hydrolysis) is 1. The predicted octanol–water partition coefficient (Wildman–Crippen LogP) is 5.06. The quantitative estimate of drug-likeness (QED) is 0.355. The van der Waals surface area contributed by atoms with Crippen molar-refractivity contribution in [2.24, 2.45) is 0 Å². The third kappa shape index (κ3) is 7.02. The zero-order chi connectivity index (χ0) is 25.6. The summed E-state index contributed by atoms with van der Waals surface area (Å²) in [4.78, 5) is 30.5. The van der Waals surface area contributed by atoms with Crippen LogP contribution in [0.4, 0.5) is 22.1 Å². The van der Waals surface area contributed by atoms with Gasteiger partial charge in [-0.05, 0) is 70.6 Å². The van der Waals surface area contributed by atoms with Crippen molar-refractivity contribution in [3.63, 3.8) is 0 Å². The van der Waals surface area contributed by atoms with E-state index in [1.165, 1.54) is 13.2 Å². The van der Waals surface area contributed by atoms with Crippen LogP contribution < -0.4 is 16.0 Å². The van der Waals surface area contributed by atoms with E-state index in [9.17, 15) is 14.9 Å². The first-order chi connectivity index (χ1) is 16.6. The Balaban J connectivity index is 1.89. The number of hydrogen-bond donors (Lipinski definition) is 3. The molecule has 1 aromatic heterocycles. The number of pyridine rings is 1. The van der Waals surface area contributed by atoms with Gasteiger partial charge in [0.2, 0.25) is 0 Å². The molecule has 1 saturated carbocycles. The van der Waals surface area contributed by atoms with E-state index < -0.39 is 17.7 Å².